The van der Waals surface area contributed by atoms with E-state index in [0.717, 1.165) is 64.6 Å². The second kappa shape index (κ2) is 9.69. The van der Waals surface area contributed by atoms with Gasteiger partial charge in [0.25, 0.3) is 0 Å². The zero-order chi connectivity index (χ0) is 22.3. The van der Waals surface area contributed by atoms with Crippen molar-refractivity contribution in [3.8, 4) is 5.75 Å². The van der Waals surface area contributed by atoms with Crippen LogP contribution in [0.4, 0.5) is 4.39 Å². The van der Waals surface area contributed by atoms with Crippen molar-refractivity contribution in [1.82, 2.24) is 4.98 Å². The van der Waals surface area contributed by atoms with Gasteiger partial charge in [-0.25, -0.2) is 4.39 Å². The molecule has 3 aliphatic rings. The first-order valence-electron chi connectivity index (χ1n) is 11.7. The number of halogens is 2. The molecule has 2 bridgehead atoms. The number of fused-ring (bicyclic) bond motifs is 4. The Balaban J connectivity index is 0.00000259. The van der Waals surface area contributed by atoms with Crippen LogP contribution < -0.4 is 21.7 Å². The monoisotopic (exact) mass is 514 g/mol. The third-order valence-electron chi connectivity index (χ3n) is 8.09. The number of piperidine rings is 3. The van der Waals surface area contributed by atoms with Crippen LogP contribution in [0.3, 0.4) is 0 Å². The predicted octanol–water partition coefficient (Wildman–Crippen LogP) is 2.26. The first-order chi connectivity index (χ1) is 15.5. The van der Waals surface area contributed by atoms with Crippen LogP contribution in [0.1, 0.15) is 43.4 Å². The van der Waals surface area contributed by atoms with Crippen molar-refractivity contribution in [2.75, 3.05) is 20.2 Å². The lowest BCUT2D eigenvalue weighted by molar-refractivity contribution is -0.986. The second-order valence-electron chi connectivity index (χ2n) is 9.62. The number of pyridine rings is 1. The zero-order valence-corrected chi connectivity index (χ0v) is 20.8. The summed E-state index contributed by atoms with van der Waals surface area (Å²) in [5, 5.41) is 12.8. The summed E-state index contributed by atoms with van der Waals surface area (Å²) in [6.45, 7) is 4.89. The number of aromatic nitrogens is 1. The van der Waals surface area contributed by atoms with Gasteiger partial charge in [-0.3, -0.25) is 4.98 Å². The van der Waals surface area contributed by atoms with E-state index in [1.807, 2.05) is 36.4 Å². The maximum atomic E-state index is 14.7. The van der Waals surface area contributed by atoms with Crippen molar-refractivity contribution in [3.63, 3.8) is 0 Å². The lowest BCUT2D eigenvalue weighted by atomic mass is 9.70. The average Bonchev–Trinajstić information content (AvgIpc) is 2.84. The van der Waals surface area contributed by atoms with Gasteiger partial charge < -0.3 is 31.3 Å². The highest BCUT2D eigenvalue weighted by Crippen LogP contribution is 2.48. The maximum Gasteiger partial charge on any atom is 0.132 e. The van der Waals surface area contributed by atoms with Crippen LogP contribution in [0.5, 0.6) is 5.75 Å². The first kappa shape index (κ1) is 24.1. The number of nitrogens with zero attached hydrogens (tertiary/aromatic N) is 2. The molecule has 3 saturated heterocycles. The Bertz CT molecular complexity index is 1130. The molecule has 0 radical (unpaired) electrons. The Morgan fingerprint density at radius 1 is 1.21 bits per heavy atom. The minimum Gasteiger partial charge on any atom is -1.00 e. The molecular formula is C27H32BrFN2O2. The summed E-state index contributed by atoms with van der Waals surface area (Å²) in [6.07, 6.45) is 4.41. The third-order valence-corrected chi connectivity index (χ3v) is 8.09. The first-order valence-corrected chi connectivity index (χ1v) is 11.7. The van der Waals surface area contributed by atoms with Gasteiger partial charge in [0, 0.05) is 35.9 Å². The minimum absolute atomic E-state index is 0. The maximum absolute atomic E-state index is 14.7. The normalized spacial score (nSPS) is 27.2. The third kappa shape index (κ3) is 4.29. The highest BCUT2D eigenvalue weighted by atomic mass is 79.9. The lowest BCUT2D eigenvalue weighted by Crippen LogP contribution is -3.00. The molecule has 1 unspecified atom stereocenters. The minimum atomic E-state index is -0.639. The zero-order valence-electron chi connectivity index (χ0n) is 19.3. The number of hydrogen-bond donors (Lipinski definition) is 1. The molecule has 0 amide bonds. The fourth-order valence-electron chi connectivity index (χ4n) is 6.37. The van der Waals surface area contributed by atoms with Gasteiger partial charge in [-0.15, -0.1) is 0 Å². The van der Waals surface area contributed by atoms with Crippen molar-refractivity contribution in [2.45, 2.75) is 44.9 Å². The summed E-state index contributed by atoms with van der Waals surface area (Å²) >= 11 is 0. The molecule has 1 aromatic heterocycles. The Kier molecular flexibility index (Phi) is 7.08. The van der Waals surface area contributed by atoms with E-state index in [1.54, 1.807) is 25.4 Å². The smallest absolute Gasteiger partial charge is 0.132 e. The van der Waals surface area contributed by atoms with E-state index >= 15 is 0 Å². The van der Waals surface area contributed by atoms with Crippen molar-refractivity contribution < 1.29 is 35.7 Å². The number of quaternary nitrogens is 1. The van der Waals surface area contributed by atoms with Crippen molar-refractivity contribution in [1.29, 1.82) is 0 Å². The molecule has 176 valence electrons. The number of methoxy groups -OCH3 is 1. The van der Waals surface area contributed by atoms with Gasteiger partial charge in [-0.1, -0.05) is 25.1 Å². The molecule has 3 aliphatic heterocycles. The van der Waals surface area contributed by atoms with Gasteiger partial charge >= 0.3 is 0 Å². The standard InChI is InChI=1S/C27H32FN2O2.BrH/c1-3-18-16-30(17-20-6-4-5-7-24(20)28)13-11-19(18)14-26(30)27(31)22-10-12-29-25-9-8-21(32-2)15-23(22)25;/h4-10,12,15,18-19,26-27,31H,3,11,13-14,16-17H2,1-2H3;1H/q+1;/p-1/t18-,19-,26+,27+,30?;/m0./s1. The van der Waals surface area contributed by atoms with Gasteiger partial charge in [-0.2, -0.15) is 0 Å². The summed E-state index contributed by atoms with van der Waals surface area (Å²) < 4.78 is 20.9. The van der Waals surface area contributed by atoms with E-state index in [0.29, 0.717) is 18.4 Å². The van der Waals surface area contributed by atoms with E-state index in [9.17, 15) is 9.50 Å². The van der Waals surface area contributed by atoms with Crippen LogP contribution in [-0.2, 0) is 6.54 Å². The Hall–Kier alpha value is -2.02. The van der Waals surface area contributed by atoms with E-state index in [4.69, 9.17) is 4.74 Å². The number of hydrogen-bond acceptors (Lipinski definition) is 3. The summed E-state index contributed by atoms with van der Waals surface area (Å²) in [5.74, 6) is 1.87. The molecule has 0 spiro atoms. The van der Waals surface area contributed by atoms with Crippen LogP contribution >= 0.6 is 0 Å². The van der Waals surface area contributed by atoms with Crippen LogP contribution in [0.25, 0.3) is 10.9 Å². The van der Waals surface area contributed by atoms with Crippen LogP contribution in [0.15, 0.2) is 54.7 Å². The molecule has 6 rings (SSSR count). The molecule has 4 nitrogen and oxygen atoms in total. The van der Waals surface area contributed by atoms with Crippen molar-refractivity contribution >= 4 is 10.9 Å². The molecule has 3 fully saturated rings. The highest BCUT2D eigenvalue weighted by Gasteiger charge is 2.54. The summed E-state index contributed by atoms with van der Waals surface area (Å²) in [4.78, 5) is 4.49. The molecule has 2 aromatic carbocycles. The van der Waals surface area contributed by atoms with Crippen molar-refractivity contribution in [3.05, 3.63) is 71.7 Å². The molecule has 1 N–H and O–H groups in total. The number of aliphatic hydroxyl groups excluding tert-OH is 1. The Morgan fingerprint density at radius 2 is 2.03 bits per heavy atom. The SMILES string of the molecule is CC[C@H]1C[N+]2(Cc3ccccc3F)CC[C@H]1C[C@@H]2[C@H](O)c1ccnc2ccc(OC)cc12.[Br-]. The average molecular weight is 515 g/mol. The second-order valence-corrected chi connectivity index (χ2v) is 9.62. The van der Waals surface area contributed by atoms with Crippen LogP contribution in [-0.4, -0.2) is 40.8 Å². The largest absolute Gasteiger partial charge is 1.00 e. The van der Waals surface area contributed by atoms with Gasteiger partial charge in [0.2, 0.25) is 0 Å². The molecule has 0 aliphatic carbocycles. The summed E-state index contributed by atoms with van der Waals surface area (Å²) in [7, 11) is 1.65. The predicted molar refractivity (Wildman–Crippen MR) is 124 cm³/mol. The molecule has 4 heterocycles. The van der Waals surface area contributed by atoms with Gasteiger partial charge in [0.05, 0.1) is 25.7 Å². The lowest BCUT2D eigenvalue weighted by Gasteiger charge is -2.58. The topological polar surface area (TPSA) is 42.4 Å². The number of rotatable bonds is 6. The van der Waals surface area contributed by atoms with E-state index in [1.165, 1.54) is 0 Å². The molecular weight excluding hydrogens is 483 g/mol. The highest BCUT2D eigenvalue weighted by molar-refractivity contribution is 5.83. The number of ether oxygens (including phenoxy) is 1. The van der Waals surface area contributed by atoms with Crippen molar-refractivity contribution in [2.24, 2.45) is 11.8 Å². The van der Waals surface area contributed by atoms with Gasteiger partial charge in [0.1, 0.15) is 30.3 Å². The fourth-order valence-corrected chi connectivity index (χ4v) is 6.37. The molecule has 6 heteroatoms. The molecule has 3 aromatic rings. The van der Waals surface area contributed by atoms with E-state index < -0.39 is 6.10 Å². The Morgan fingerprint density at radius 3 is 2.79 bits per heavy atom. The van der Waals surface area contributed by atoms with Crippen LogP contribution in [0.2, 0.25) is 0 Å². The fraction of sp³-hybridized carbons (Fsp3) is 0.444. The van der Waals surface area contributed by atoms with Gasteiger partial charge in [0.15, 0.2) is 0 Å². The number of benzene rings is 2. The quantitative estimate of drug-likeness (QED) is 0.513. The molecule has 0 saturated carbocycles. The van der Waals surface area contributed by atoms with Gasteiger partial charge in [-0.05, 0) is 48.2 Å². The van der Waals surface area contributed by atoms with E-state index in [-0.39, 0.29) is 28.8 Å². The molecule has 33 heavy (non-hydrogen) atoms. The molecule has 5 atom stereocenters. The van der Waals surface area contributed by atoms with E-state index in [2.05, 4.69) is 11.9 Å². The van der Waals surface area contributed by atoms with Crippen LogP contribution in [0, 0.1) is 17.7 Å². The Labute approximate surface area is 205 Å². The summed E-state index contributed by atoms with van der Waals surface area (Å²) in [6, 6.07) is 14.9. The number of aliphatic hydroxyl groups is 1. The summed E-state index contributed by atoms with van der Waals surface area (Å²) in [5.41, 5.74) is 2.50.